The SMILES string of the molecule is NS(=O)(=O)OC[C@H]1C[C@@H](Nc2ncncc2C(=O)c2ccc(-c3ccccc3)o2)[C@H](O)[C@@H]1O. The zero-order chi connectivity index (χ0) is 23.6. The van der Waals surface area contributed by atoms with E-state index in [2.05, 4.69) is 19.5 Å². The van der Waals surface area contributed by atoms with E-state index < -0.39 is 40.3 Å². The van der Waals surface area contributed by atoms with Gasteiger partial charge in [-0.25, -0.2) is 15.1 Å². The van der Waals surface area contributed by atoms with E-state index in [1.54, 1.807) is 12.1 Å². The number of carbonyl (C=O) groups is 1. The molecule has 0 aliphatic heterocycles. The second kappa shape index (κ2) is 9.37. The predicted molar refractivity (Wildman–Crippen MR) is 116 cm³/mol. The molecule has 5 N–H and O–H groups in total. The lowest BCUT2D eigenvalue weighted by atomic mass is 10.1. The van der Waals surface area contributed by atoms with Gasteiger partial charge in [-0.3, -0.25) is 8.98 Å². The number of furan rings is 1. The summed E-state index contributed by atoms with van der Waals surface area (Å²) < 4.78 is 32.3. The van der Waals surface area contributed by atoms with Crippen LogP contribution in [-0.2, 0) is 14.5 Å². The Kier molecular flexibility index (Phi) is 6.54. The van der Waals surface area contributed by atoms with Crippen molar-refractivity contribution in [1.29, 1.82) is 0 Å². The number of anilines is 1. The first-order valence-electron chi connectivity index (χ1n) is 10.0. The maximum Gasteiger partial charge on any atom is 0.333 e. The van der Waals surface area contributed by atoms with Gasteiger partial charge < -0.3 is 19.9 Å². The molecule has 2 aromatic heterocycles. The summed E-state index contributed by atoms with van der Waals surface area (Å²) in [5, 5.41) is 28.4. The Morgan fingerprint density at radius 1 is 1.18 bits per heavy atom. The summed E-state index contributed by atoms with van der Waals surface area (Å²) in [6, 6.07) is 11.8. The van der Waals surface area contributed by atoms with Crippen LogP contribution in [0.1, 0.15) is 22.5 Å². The Morgan fingerprint density at radius 3 is 2.67 bits per heavy atom. The molecule has 4 rings (SSSR count). The Morgan fingerprint density at radius 2 is 1.94 bits per heavy atom. The molecule has 0 saturated heterocycles. The molecule has 1 saturated carbocycles. The molecule has 0 spiro atoms. The van der Waals surface area contributed by atoms with Gasteiger partial charge in [-0.05, 0) is 18.6 Å². The first kappa shape index (κ1) is 23.0. The predicted octanol–water partition coefficient (Wildman–Crippen LogP) is 0.710. The summed E-state index contributed by atoms with van der Waals surface area (Å²) in [5.41, 5.74) is 0.924. The highest BCUT2D eigenvalue weighted by atomic mass is 32.2. The van der Waals surface area contributed by atoms with Gasteiger partial charge in [0, 0.05) is 17.7 Å². The normalized spacial score (nSPS) is 22.9. The van der Waals surface area contributed by atoms with E-state index >= 15 is 0 Å². The summed E-state index contributed by atoms with van der Waals surface area (Å²) >= 11 is 0. The van der Waals surface area contributed by atoms with Gasteiger partial charge in [0.2, 0.25) is 5.78 Å². The van der Waals surface area contributed by atoms with Crippen LogP contribution < -0.4 is 10.5 Å². The Hall–Kier alpha value is -3.16. The zero-order valence-corrected chi connectivity index (χ0v) is 18.1. The number of carbonyl (C=O) groups excluding carboxylic acids is 1. The van der Waals surface area contributed by atoms with Crippen LogP contribution in [0, 0.1) is 5.92 Å². The maximum atomic E-state index is 13.1. The summed E-state index contributed by atoms with van der Waals surface area (Å²) in [5.74, 6) is -0.426. The van der Waals surface area contributed by atoms with Crippen LogP contribution in [0.25, 0.3) is 11.3 Å². The fraction of sp³-hybridized carbons (Fsp3) is 0.286. The molecule has 12 heteroatoms. The van der Waals surface area contributed by atoms with Gasteiger partial charge >= 0.3 is 10.3 Å². The minimum absolute atomic E-state index is 0.0816. The molecule has 0 amide bonds. The molecule has 2 heterocycles. The van der Waals surface area contributed by atoms with Gasteiger partial charge in [-0.15, -0.1) is 0 Å². The van der Waals surface area contributed by atoms with Crippen molar-refractivity contribution < 1.29 is 32.0 Å². The zero-order valence-electron chi connectivity index (χ0n) is 17.2. The molecule has 3 aromatic rings. The van der Waals surface area contributed by atoms with Gasteiger partial charge in [0.1, 0.15) is 24.0 Å². The molecule has 11 nitrogen and oxygen atoms in total. The van der Waals surface area contributed by atoms with E-state index in [1.165, 1.54) is 12.5 Å². The van der Waals surface area contributed by atoms with E-state index in [9.17, 15) is 23.4 Å². The summed E-state index contributed by atoms with van der Waals surface area (Å²) in [6.45, 7) is -0.389. The highest BCUT2D eigenvalue weighted by Gasteiger charge is 2.42. The molecule has 1 aromatic carbocycles. The van der Waals surface area contributed by atoms with E-state index in [1.807, 2.05) is 30.3 Å². The maximum absolute atomic E-state index is 13.1. The van der Waals surface area contributed by atoms with Crippen LogP contribution in [0.15, 0.2) is 59.4 Å². The van der Waals surface area contributed by atoms with Crippen molar-refractivity contribution in [2.24, 2.45) is 11.1 Å². The number of aromatic nitrogens is 2. The smallest absolute Gasteiger partial charge is 0.333 e. The third kappa shape index (κ3) is 5.26. The van der Waals surface area contributed by atoms with Crippen LogP contribution >= 0.6 is 0 Å². The largest absolute Gasteiger partial charge is 0.453 e. The number of benzene rings is 1. The van der Waals surface area contributed by atoms with E-state index in [4.69, 9.17) is 9.56 Å². The molecule has 1 aliphatic rings. The van der Waals surface area contributed by atoms with E-state index in [0.717, 1.165) is 5.56 Å². The molecule has 0 bridgehead atoms. The number of hydrogen-bond acceptors (Lipinski definition) is 10. The van der Waals surface area contributed by atoms with E-state index in [-0.39, 0.29) is 30.2 Å². The second-order valence-corrected chi connectivity index (χ2v) is 8.87. The summed E-state index contributed by atoms with van der Waals surface area (Å²) in [7, 11) is -4.18. The number of rotatable bonds is 8. The average Bonchev–Trinajstić information content (AvgIpc) is 3.39. The highest BCUT2D eigenvalue weighted by Crippen LogP contribution is 2.31. The van der Waals surface area contributed by atoms with E-state index in [0.29, 0.717) is 5.76 Å². The van der Waals surface area contributed by atoms with Crippen LogP contribution in [0.3, 0.4) is 0 Å². The fourth-order valence-electron chi connectivity index (χ4n) is 3.75. The molecule has 0 radical (unpaired) electrons. The third-order valence-electron chi connectivity index (χ3n) is 5.42. The van der Waals surface area contributed by atoms with Crippen LogP contribution in [0.2, 0.25) is 0 Å². The molecule has 1 aliphatic carbocycles. The number of hydrogen-bond donors (Lipinski definition) is 4. The van der Waals surface area contributed by atoms with Crippen molar-refractivity contribution in [2.75, 3.05) is 11.9 Å². The van der Waals surface area contributed by atoms with Gasteiger partial charge in [-0.2, -0.15) is 8.42 Å². The van der Waals surface area contributed by atoms with Gasteiger partial charge in [0.15, 0.2) is 5.76 Å². The first-order chi connectivity index (χ1) is 15.7. The monoisotopic (exact) mass is 474 g/mol. The molecule has 4 atom stereocenters. The Bertz CT molecular complexity index is 1230. The molecular weight excluding hydrogens is 452 g/mol. The quantitative estimate of drug-likeness (QED) is 0.340. The number of nitrogens with two attached hydrogens (primary N) is 1. The minimum atomic E-state index is -4.18. The Balaban J connectivity index is 1.51. The minimum Gasteiger partial charge on any atom is -0.453 e. The first-order valence-corrected chi connectivity index (χ1v) is 11.5. The molecule has 1 fully saturated rings. The van der Waals surface area contributed by atoms with Gasteiger partial charge in [-0.1, -0.05) is 30.3 Å². The third-order valence-corrected chi connectivity index (χ3v) is 5.88. The summed E-state index contributed by atoms with van der Waals surface area (Å²) in [4.78, 5) is 21.1. The molecule has 174 valence electrons. The number of nitrogens with one attached hydrogen (secondary N) is 1. The molecule has 33 heavy (non-hydrogen) atoms. The number of nitrogens with zero attached hydrogens (tertiary/aromatic N) is 2. The van der Waals surface area contributed by atoms with Crippen molar-refractivity contribution in [2.45, 2.75) is 24.7 Å². The van der Waals surface area contributed by atoms with Gasteiger partial charge in [0.25, 0.3) is 0 Å². The average molecular weight is 474 g/mol. The topological polar surface area (TPSA) is 178 Å². The lowest BCUT2D eigenvalue weighted by Crippen LogP contribution is -2.36. The molecule has 0 unspecified atom stereocenters. The van der Waals surface area contributed by atoms with Gasteiger partial charge in [0.05, 0.1) is 24.3 Å². The number of ketones is 1. The van der Waals surface area contributed by atoms with Crippen molar-refractivity contribution in [3.05, 3.63) is 66.3 Å². The Labute approximate surface area is 189 Å². The summed E-state index contributed by atoms with van der Waals surface area (Å²) in [6.07, 6.45) is 0.181. The number of aliphatic hydroxyl groups is 2. The lowest BCUT2D eigenvalue weighted by molar-refractivity contribution is 0.00778. The number of aliphatic hydroxyl groups excluding tert-OH is 2. The standard InChI is InChI=1S/C21H22N4O7S/c22-33(29,30)31-10-13-8-15(20(28)18(13)26)25-21-14(9-23-11-24-21)19(27)17-7-6-16(32-17)12-4-2-1-3-5-12/h1-7,9,11,13,15,18,20,26,28H,8,10H2,(H2,22,29,30)(H,23,24,25)/t13-,15-,18-,20+/m1/s1. The second-order valence-electron chi connectivity index (χ2n) is 7.65. The lowest BCUT2D eigenvalue weighted by Gasteiger charge is -2.19. The van der Waals surface area contributed by atoms with Crippen LogP contribution in [0.4, 0.5) is 5.82 Å². The van der Waals surface area contributed by atoms with Crippen molar-refractivity contribution in [3.8, 4) is 11.3 Å². The van der Waals surface area contributed by atoms with Crippen LogP contribution in [0.5, 0.6) is 0 Å². The molecular formula is C21H22N4O7S. The van der Waals surface area contributed by atoms with Crippen molar-refractivity contribution in [3.63, 3.8) is 0 Å². The fourth-order valence-corrected chi connectivity index (χ4v) is 4.12. The van der Waals surface area contributed by atoms with Crippen LogP contribution in [-0.4, -0.2) is 59.2 Å². The highest BCUT2D eigenvalue weighted by molar-refractivity contribution is 7.84. The van der Waals surface area contributed by atoms with Crippen molar-refractivity contribution >= 4 is 21.9 Å². The van der Waals surface area contributed by atoms with Crippen molar-refractivity contribution in [1.82, 2.24) is 9.97 Å².